The van der Waals surface area contributed by atoms with E-state index in [1.54, 1.807) is 6.20 Å². The molecule has 1 aliphatic rings. The van der Waals surface area contributed by atoms with Crippen LogP contribution < -0.4 is 0 Å². The van der Waals surface area contributed by atoms with E-state index in [0.717, 1.165) is 35.3 Å². The van der Waals surface area contributed by atoms with Gasteiger partial charge >= 0.3 is 0 Å². The maximum atomic E-state index is 10.9. The summed E-state index contributed by atoms with van der Waals surface area (Å²) < 4.78 is 2.82. The van der Waals surface area contributed by atoms with Crippen molar-refractivity contribution in [3.63, 3.8) is 0 Å². The minimum atomic E-state index is -0.742. The first-order chi connectivity index (χ1) is 7.59. The molecule has 1 N–H and O–H groups in total. The summed E-state index contributed by atoms with van der Waals surface area (Å²) in [5.41, 5.74) is 0.198. The van der Waals surface area contributed by atoms with E-state index in [1.165, 1.54) is 0 Å². The molecular weight excluding hydrogens is 288 g/mol. The van der Waals surface area contributed by atoms with E-state index in [-0.39, 0.29) is 5.25 Å². The van der Waals surface area contributed by atoms with Crippen LogP contribution in [-0.2, 0) is 12.1 Å². The highest BCUT2D eigenvalue weighted by Crippen LogP contribution is 2.43. The molecule has 2 rings (SSSR count). The van der Waals surface area contributed by atoms with Gasteiger partial charge in [-0.2, -0.15) is 16.9 Å². The van der Waals surface area contributed by atoms with E-state index < -0.39 is 5.60 Å². The Labute approximate surface area is 109 Å². The lowest BCUT2D eigenvalue weighted by Crippen LogP contribution is -2.41. The normalized spacial score (nSPS) is 30.6. The second kappa shape index (κ2) is 4.70. The average molecular weight is 305 g/mol. The van der Waals surface area contributed by atoms with Crippen LogP contribution in [0, 0.1) is 0 Å². The number of aryl methyl sites for hydroxylation is 1. The second-order valence-corrected chi connectivity index (χ2v) is 6.50. The monoisotopic (exact) mass is 304 g/mol. The topological polar surface area (TPSA) is 38.0 Å². The Kier molecular flexibility index (Phi) is 3.66. The summed E-state index contributed by atoms with van der Waals surface area (Å²) in [4.78, 5) is 0. The van der Waals surface area contributed by atoms with E-state index in [1.807, 2.05) is 23.4 Å². The van der Waals surface area contributed by atoms with Gasteiger partial charge < -0.3 is 5.11 Å². The number of nitrogens with zero attached hydrogens (tertiary/aromatic N) is 2. The van der Waals surface area contributed by atoms with Crippen molar-refractivity contribution in [1.29, 1.82) is 0 Å². The Balaban J connectivity index is 2.44. The zero-order valence-corrected chi connectivity index (χ0v) is 12.0. The Morgan fingerprint density at radius 2 is 2.50 bits per heavy atom. The number of aliphatic hydroxyl groups is 1. The summed E-state index contributed by atoms with van der Waals surface area (Å²) >= 11 is 5.34. The molecule has 0 spiro atoms. The molecule has 0 amide bonds. The summed E-state index contributed by atoms with van der Waals surface area (Å²) in [6.07, 6.45) is 3.67. The maximum absolute atomic E-state index is 10.9. The summed E-state index contributed by atoms with van der Waals surface area (Å²) in [6.45, 7) is 4.94. The fourth-order valence-electron chi connectivity index (χ4n) is 2.29. The first kappa shape index (κ1) is 12.5. The van der Waals surface area contributed by atoms with Crippen LogP contribution in [-0.4, -0.2) is 25.9 Å². The van der Waals surface area contributed by atoms with Crippen LogP contribution in [0.25, 0.3) is 0 Å². The van der Waals surface area contributed by atoms with Crippen molar-refractivity contribution >= 4 is 27.7 Å². The average Bonchev–Trinajstić information content (AvgIpc) is 2.64. The van der Waals surface area contributed by atoms with E-state index in [9.17, 15) is 5.11 Å². The molecule has 90 valence electrons. The van der Waals surface area contributed by atoms with Gasteiger partial charge in [0.15, 0.2) is 0 Å². The molecule has 2 atom stereocenters. The van der Waals surface area contributed by atoms with Gasteiger partial charge in [0.2, 0.25) is 0 Å². The molecule has 2 heterocycles. The minimum Gasteiger partial charge on any atom is -0.382 e. The van der Waals surface area contributed by atoms with Crippen LogP contribution in [0.5, 0.6) is 0 Å². The van der Waals surface area contributed by atoms with Crippen molar-refractivity contribution in [3.05, 3.63) is 16.4 Å². The van der Waals surface area contributed by atoms with Crippen LogP contribution in [0.2, 0.25) is 0 Å². The van der Waals surface area contributed by atoms with Gasteiger partial charge in [-0.05, 0) is 41.4 Å². The molecule has 1 fully saturated rings. The fourth-order valence-corrected chi connectivity index (χ4v) is 4.10. The predicted octanol–water partition coefficient (Wildman–Crippen LogP) is 2.77. The fraction of sp³-hybridized carbons (Fsp3) is 0.727. The molecule has 0 radical (unpaired) electrons. The van der Waals surface area contributed by atoms with Gasteiger partial charge in [-0.1, -0.05) is 6.92 Å². The third-order valence-electron chi connectivity index (χ3n) is 3.25. The molecule has 0 aromatic carbocycles. The third-order valence-corrected chi connectivity index (χ3v) is 5.24. The zero-order chi connectivity index (χ0) is 11.8. The summed E-state index contributed by atoms with van der Waals surface area (Å²) in [5.74, 6) is 1.14. The van der Waals surface area contributed by atoms with Crippen molar-refractivity contribution in [2.45, 2.75) is 44.1 Å². The molecule has 1 aliphatic heterocycles. The van der Waals surface area contributed by atoms with Gasteiger partial charge in [-0.25, -0.2) is 0 Å². The Morgan fingerprint density at radius 1 is 1.75 bits per heavy atom. The molecule has 0 saturated carbocycles. The largest absolute Gasteiger partial charge is 0.382 e. The third kappa shape index (κ3) is 1.93. The molecule has 16 heavy (non-hydrogen) atoms. The van der Waals surface area contributed by atoms with Crippen molar-refractivity contribution in [3.8, 4) is 0 Å². The lowest BCUT2D eigenvalue weighted by Gasteiger charge is -2.38. The van der Waals surface area contributed by atoms with Crippen LogP contribution in [0.3, 0.4) is 0 Å². The highest BCUT2D eigenvalue weighted by Gasteiger charge is 2.42. The van der Waals surface area contributed by atoms with E-state index in [2.05, 4.69) is 28.0 Å². The van der Waals surface area contributed by atoms with Gasteiger partial charge in [0.05, 0.1) is 16.4 Å². The molecule has 0 aliphatic carbocycles. The number of aromatic nitrogens is 2. The summed E-state index contributed by atoms with van der Waals surface area (Å²) in [7, 11) is 0. The first-order valence-corrected chi connectivity index (χ1v) is 7.49. The lowest BCUT2D eigenvalue weighted by molar-refractivity contribution is 0.0159. The van der Waals surface area contributed by atoms with E-state index in [4.69, 9.17) is 0 Å². The van der Waals surface area contributed by atoms with Crippen molar-refractivity contribution in [2.24, 2.45) is 0 Å². The minimum absolute atomic E-state index is 0.222. The predicted molar refractivity (Wildman–Crippen MR) is 70.7 cm³/mol. The van der Waals surface area contributed by atoms with Gasteiger partial charge in [0.25, 0.3) is 0 Å². The number of hydrogen-bond donors (Lipinski definition) is 1. The zero-order valence-electron chi connectivity index (χ0n) is 9.61. The van der Waals surface area contributed by atoms with Gasteiger partial charge in [0.1, 0.15) is 5.60 Å². The Bertz CT molecular complexity index is 382. The molecule has 5 heteroatoms. The second-order valence-electron chi connectivity index (χ2n) is 4.20. The van der Waals surface area contributed by atoms with Crippen LogP contribution >= 0.6 is 27.7 Å². The summed E-state index contributed by atoms with van der Waals surface area (Å²) in [6, 6.07) is 0. The quantitative estimate of drug-likeness (QED) is 0.913. The molecule has 2 unspecified atom stereocenters. The smallest absolute Gasteiger partial charge is 0.119 e. The van der Waals surface area contributed by atoms with E-state index in [0.29, 0.717) is 0 Å². The number of rotatable bonds is 2. The molecule has 1 aromatic rings. The number of thioether (sulfide) groups is 1. The Morgan fingerprint density at radius 3 is 3.12 bits per heavy atom. The van der Waals surface area contributed by atoms with Gasteiger partial charge in [-0.15, -0.1) is 0 Å². The van der Waals surface area contributed by atoms with Crippen molar-refractivity contribution in [1.82, 2.24) is 9.78 Å². The highest BCUT2D eigenvalue weighted by atomic mass is 79.9. The molecule has 1 saturated heterocycles. The number of halogens is 1. The van der Waals surface area contributed by atoms with Crippen LogP contribution in [0.1, 0.15) is 32.4 Å². The van der Waals surface area contributed by atoms with Crippen LogP contribution in [0.15, 0.2) is 10.7 Å². The standard InChI is InChI=1S/C11H17BrN2OS/c1-3-14-10(9(12)7-13-14)11(15)5-4-6-16-8(11)2/h7-8,15H,3-6H2,1-2H3. The SMILES string of the molecule is CCn1ncc(Br)c1C1(O)CCCSC1C. The molecular formula is C11H17BrN2OS. The highest BCUT2D eigenvalue weighted by molar-refractivity contribution is 9.10. The lowest BCUT2D eigenvalue weighted by atomic mass is 9.90. The maximum Gasteiger partial charge on any atom is 0.119 e. The van der Waals surface area contributed by atoms with E-state index >= 15 is 0 Å². The van der Waals surface area contributed by atoms with Crippen molar-refractivity contribution < 1.29 is 5.11 Å². The summed E-state index contributed by atoms with van der Waals surface area (Å²) in [5, 5.41) is 15.4. The number of hydrogen-bond acceptors (Lipinski definition) is 3. The van der Waals surface area contributed by atoms with Crippen molar-refractivity contribution in [2.75, 3.05) is 5.75 Å². The van der Waals surface area contributed by atoms with Crippen LogP contribution in [0.4, 0.5) is 0 Å². The first-order valence-electron chi connectivity index (χ1n) is 5.65. The molecule has 0 bridgehead atoms. The molecule has 3 nitrogen and oxygen atoms in total. The Hall–Kier alpha value is -0.0000000000000000555. The molecule has 1 aromatic heterocycles. The van der Waals surface area contributed by atoms with Gasteiger partial charge in [-0.3, -0.25) is 4.68 Å². The van der Waals surface area contributed by atoms with Gasteiger partial charge in [0, 0.05) is 11.8 Å².